The Labute approximate surface area is 176 Å². The van der Waals surface area contributed by atoms with Gasteiger partial charge in [0.2, 0.25) is 0 Å². The maximum atomic E-state index is 12.5. The summed E-state index contributed by atoms with van der Waals surface area (Å²) in [5, 5.41) is 14.9. The van der Waals surface area contributed by atoms with Crippen LogP contribution in [0.1, 0.15) is 11.4 Å². The number of benzene rings is 2. The summed E-state index contributed by atoms with van der Waals surface area (Å²) in [7, 11) is 0. The zero-order chi connectivity index (χ0) is 21.2. The van der Waals surface area contributed by atoms with Gasteiger partial charge in [0, 0.05) is 11.8 Å². The largest absolute Gasteiger partial charge is 0.463 e. The van der Waals surface area contributed by atoms with Gasteiger partial charge in [-0.15, -0.1) is 0 Å². The highest BCUT2D eigenvalue weighted by atomic mass is 16.3. The molecule has 3 aromatic heterocycles. The first-order valence-electron chi connectivity index (χ1n) is 9.53. The second kappa shape index (κ2) is 7.61. The van der Waals surface area contributed by atoms with Gasteiger partial charge in [-0.1, -0.05) is 30.3 Å². The highest BCUT2D eigenvalue weighted by Gasteiger charge is 2.16. The lowest BCUT2D eigenvalue weighted by Gasteiger charge is -2.02. The van der Waals surface area contributed by atoms with E-state index in [1.54, 1.807) is 53.4 Å². The SMILES string of the molecule is N#C/C(=C\c1cn(-c2ccccc2)nc1-c1ccco1)c1nc2ccccc2c(=O)[nH]1. The Kier molecular flexibility index (Phi) is 4.50. The molecule has 0 saturated heterocycles. The molecular formula is C24H15N5O2. The number of allylic oxidation sites excluding steroid dienone is 1. The van der Waals surface area contributed by atoms with Crippen molar-refractivity contribution in [2.24, 2.45) is 0 Å². The Morgan fingerprint density at radius 2 is 1.87 bits per heavy atom. The number of aromatic amines is 1. The van der Waals surface area contributed by atoms with Crippen molar-refractivity contribution in [2.45, 2.75) is 0 Å². The van der Waals surface area contributed by atoms with E-state index < -0.39 is 0 Å². The van der Waals surface area contributed by atoms with E-state index in [0.717, 1.165) is 5.69 Å². The molecule has 0 radical (unpaired) electrons. The number of para-hydroxylation sites is 2. The molecule has 0 spiro atoms. The van der Waals surface area contributed by atoms with Crippen molar-refractivity contribution in [1.29, 1.82) is 5.26 Å². The maximum Gasteiger partial charge on any atom is 0.259 e. The third kappa shape index (κ3) is 3.43. The first-order chi connectivity index (χ1) is 15.2. The Bertz CT molecular complexity index is 1500. The van der Waals surface area contributed by atoms with Crippen molar-refractivity contribution >= 4 is 22.6 Å². The molecular weight excluding hydrogens is 390 g/mol. The lowest BCUT2D eigenvalue weighted by atomic mass is 10.1. The van der Waals surface area contributed by atoms with Gasteiger partial charge in [0.15, 0.2) is 11.6 Å². The molecule has 5 aromatic rings. The van der Waals surface area contributed by atoms with Crippen molar-refractivity contribution in [3.63, 3.8) is 0 Å². The predicted octanol–water partition coefficient (Wildman–Crippen LogP) is 4.43. The topological polar surface area (TPSA) is 100 Å². The van der Waals surface area contributed by atoms with E-state index in [1.165, 1.54) is 0 Å². The van der Waals surface area contributed by atoms with E-state index in [4.69, 9.17) is 4.42 Å². The van der Waals surface area contributed by atoms with Gasteiger partial charge in [0.1, 0.15) is 11.8 Å². The van der Waals surface area contributed by atoms with Crippen molar-refractivity contribution < 1.29 is 4.42 Å². The molecule has 2 aromatic carbocycles. The first kappa shape index (κ1) is 18.3. The minimum atomic E-state index is -0.298. The lowest BCUT2D eigenvalue weighted by molar-refractivity contribution is 0.579. The van der Waals surface area contributed by atoms with E-state index in [0.29, 0.717) is 27.9 Å². The van der Waals surface area contributed by atoms with Crippen molar-refractivity contribution in [2.75, 3.05) is 0 Å². The zero-order valence-corrected chi connectivity index (χ0v) is 16.2. The molecule has 0 saturated carbocycles. The first-order valence-corrected chi connectivity index (χ1v) is 9.53. The van der Waals surface area contributed by atoms with E-state index in [2.05, 4.69) is 21.1 Å². The summed E-state index contributed by atoms with van der Waals surface area (Å²) < 4.78 is 7.26. The standard InChI is InChI=1S/C24H15N5O2/c25-14-16(23-26-20-10-5-4-9-19(20)24(30)27-23)13-17-15-29(18-7-2-1-3-8-18)28-22(17)21-11-6-12-31-21/h1-13,15H,(H,26,27,30)/b16-13+. The minimum absolute atomic E-state index is 0.198. The number of nitrogens with zero attached hydrogens (tertiary/aromatic N) is 4. The van der Waals surface area contributed by atoms with Crippen LogP contribution in [0.2, 0.25) is 0 Å². The van der Waals surface area contributed by atoms with Crippen LogP contribution >= 0.6 is 0 Å². The van der Waals surface area contributed by atoms with Crippen molar-refractivity contribution in [3.8, 4) is 23.2 Å². The molecule has 0 atom stereocenters. The summed E-state index contributed by atoms with van der Waals surface area (Å²) in [6, 6.07) is 22.4. The summed E-state index contributed by atoms with van der Waals surface area (Å²) >= 11 is 0. The molecule has 3 heterocycles. The number of furan rings is 1. The molecule has 7 heteroatoms. The molecule has 5 rings (SSSR count). The number of H-pyrrole nitrogens is 1. The minimum Gasteiger partial charge on any atom is -0.463 e. The molecule has 7 nitrogen and oxygen atoms in total. The summed E-state index contributed by atoms with van der Waals surface area (Å²) in [5.74, 6) is 0.766. The number of nitrogens with one attached hydrogen (secondary N) is 1. The third-order valence-corrected chi connectivity index (χ3v) is 4.81. The Hall–Kier alpha value is -4.70. The highest BCUT2D eigenvalue weighted by molar-refractivity contribution is 5.91. The normalized spacial score (nSPS) is 11.5. The predicted molar refractivity (Wildman–Crippen MR) is 117 cm³/mol. The van der Waals surface area contributed by atoms with Gasteiger partial charge in [-0.05, 0) is 42.5 Å². The maximum absolute atomic E-state index is 12.5. The van der Waals surface area contributed by atoms with Gasteiger partial charge in [-0.25, -0.2) is 9.67 Å². The number of nitriles is 1. The van der Waals surface area contributed by atoms with Crippen LogP contribution in [-0.4, -0.2) is 19.7 Å². The molecule has 1 N–H and O–H groups in total. The zero-order valence-electron chi connectivity index (χ0n) is 16.2. The van der Waals surface area contributed by atoms with Crippen LogP contribution in [-0.2, 0) is 0 Å². The molecule has 0 amide bonds. The van der Waals surface area contributed by atoms with Gasteiger partial charge in [-0.2, -0.15) is 10.4 Å². The second-order valence-corrected chi connectivity index (χ2v) is 6.79. The van der Waals surface area contributed by atoms with E-state index >= 15 is 0 Å². The van der Waals surface area contributed by atoms with Gasteiger partial charge in [0.05, 0.1) is 28.4 Å². The fourth-order valence-corrected chi connectivity index (χ4v) is 3.33. The second-order valence-electron chi connectivity index (χ2n) is 6.79. The van der Waals surface area contributed by atoms with E-state index in [-0.39, 0.29) is 17.0 Å². The Balaban J connectivity index is 1.68. The van der Waals surface area contributed by atoms with Crippen LogP contribution in [0.3, 0.4) is 0 Å². The molecule has 0 fully saturated rings. The molecule has 0 aliphatic carbocycles. The third-order valence-electron chi connectivity index (χ3n) is 4.81. The lowest BCUT2D eigenvalue weighted by Crippen LogP contribution is -2.11. The van der Waals surface area contributed by atoms with E-state index in [9.17, 15) is 10.1 Å². The number of aromatic nitrogens is 4. The number of hydrogen-bond acceptors (Lipinski definition) is 5. The molecule has 0 unspecified atom stereocenters. The average molecular weight is 405 g/mol. The van der Waals surface area contributed by atoms with Gasteiger partial charge >= 0.3 is 0 Å². The Morgan fingerprint density at radius 3 is 2.65 bits per heavy atom. The molecule has 0 aliphatic heterocycles. The van der Waals surface area contributed by atoms with Crippen LogP contribution in [0.25, 0.3) is 39.7 Å². The average Bonchev–Trinajstić information content (AvgIpc) is 3.48. The van der Waals surface area contributed by atoms with Gasteiger partial charge in [0.25, 0.3) is 5.56 Å². The summed E-state index contributed by atoms with van der Waals surface area (Å²) in [5.41, 5.74) is 2.53. The van der Waals surface area contributed by atoms with Crippen molar-refractivity contribution in [1.82, 2.24) is 19.7 Å². The van der Waals surface area contributed by atoms with Crippen LogP contribution < -0.4 is 5.56 Å². The number of fused-ring (bicyclic) bond motifs is 1. The quantitative estimate of drug-likeness (QED) is 0.446. The summed E-state index contributed by atoms with van der Waals surface area (Å²) in [6.45, 7) is 0. The monoisotopic (exact) mass is 405 g/mol. The smallest absolute Gasteiger partial charge is 0.259 e. The van der Waals surface area contributed by atoms with Crippen LogP contribution in [0.15, 0.2) is 88.4 Å². The van der Waals surface area contributed by atoms with Gasteiger partial charge < -0.3 is 9.40 Å². The fourth-order valence-electron chi connectivity index (χ4n) is 3.33. The summed E-state index contributed by atoms with van der Waals surface area (Å²) in [6.07, 6.45) is 5.03. The summed E-state index contributed by atoms with van der Waals surface area (Å²) in [4.78, 5) is 19.6. The number of rotatable bonds is 4. The van der Waals surface area contributed by atoms with E-state index in [1.807, 2.05) is 36.5 Å². The highest BCUT2D eigenvalue weighted by Crippen LogP contribution is 2.27. The molecule has 31 heavy (non-hydrogen) atoms. The molecule has 0 bridgehead atoms. The fraction of sp³-hybridized carbons (Fsp3) is 0. The molecule has 148 valence electrons. The van der Waals surface area contributed by atoms with Gasteiger partial charge in [-0.3, -0.25) is 4.79 Å². The molecule has 0 aliphatic rings. The van der Waals surface area contributed by atoms with Crippen LogP contribution in [0, 0.1) is 11.3 Å². The van der Waals surface area contributed by atoms with Crippen molar-refractivity contribution in [3.05, 3.63) is 101 Å². The number of hydrogen-bond donors (Lipinski definition) is 1. The van der Waals surface area contributed by atoms with Crippen LogP contribution in [0.5, 0.6) is 0 Å². The Morgan fingerprint density at radius 1 is 1.06 bits per heavy atom. The van der Waals surface area contributed by atoms with Crippen LogP contribution in [0.4, 0.5) is 0 Å².